The van der Waals surface area contributed by atoms with Crippen molar-refractivity contribution in [1.82, 2.24) is 19.7 Å². The summed E-state index contributed by atoms with van der Waals surface area (Å²) in [5, 5.41) is 3.30. The van der Waals surface area contributed by atoms with E-state index in [9.17, 15) is 4.79 Å². The van der Waals surface area contributed by atoms with Crippen molar-refractivity contribution in [3.8, 4) is 0 Å². The Morgan fingerprint density at radius 1 is 1.18 bits per heavy atom. The fourth-order valence-corrected chi connectivity index (χ4v) is 2.05. The number of nitrogens with one attached hydrogen (secondary N) is 1. The highest BCUT2D eigenvalue weighted by molar-refractivity contribution is 5.51. The Balaban J connectivity index is 2.06. The predicted octanol–water partition coefficient (Wildman–Crippen LogP) is -0.501. The van der Waals surface area contributed by atoms with Crippen LogP contribution < -0.4 is 15.9 Å². The SMILES string of the molecule is O=c1ncnc2ccc(N3CCNCC3)cn12. The van der Waals surface area contributed by atoms with Gasteiger partial charge >= 0.3 is 5.69 Å². The first kappa shape index (κ1) is 10.2. The van der Waals surface area contributed by atoms with E-state index in [1.165, 1.54) is 10.7 Å². The third-order valence-corrected chi connectivity index (χ3v) is 2.96. The van der Waals surface area contributed by atoms with Gasteiger partial charge in [0.25, 0.3) is 0 Å². The van der Waals surface area contributed by atoms with E-state index >= 15 is 0 Å². The van der Waals surface area contributed by atoms with Crippen LogP contribution in [0, 0.1) is 0 Å². The van der Waals surface area contributed by atoms with Crippen molar-refractivity contribution in [3.63, 3.8) is 0 Å². The van der Waals surface area contributed by atoms with E-state index in [2.05, 4.69) is 20.2 Å². The van der Waals surface area contributed by atoms with Crippen LogP contribution in [0.1, 0.15) is 0 Å². The molecule has 6 heteroatoms. The van der Waals surface area contributed by atoms with Crippen molar-refractivity contribution in [2.24, 2.45) is 0 Å². The van der Waals surface area contributed by atoms with E-state index in [1.807, 2.05) is 18.3 Å². The molecule has 88 valence electrons. The summed E-state index contributed by atoms with van der Waals surface area (Å²) in [6.07, 6.45) is 3.10. The third kappa shape index (κ3) is 1.87. The quantitative estimate of drug-likeness (QED) is 0.717. The maximum absolute atomic E-state index is 11.6. The Labute approximate surface area is 97.9 Å². The molecule has 17 heavy (non-hydrogen) atoms. The molecule has 1 saturated heterocycles. The summed E-state index contributed by atoms with van der Waals surface area (Å²) in [6.45, 7) is 3.85. The summed E-state index contributed by atoms with van der Waals surface area (Å²) in [4.78, 5) is 21.5. The molecule has 0 unspecified atom stereocenters. The van der Waals surface area contributed by atoms with Gasteiger partial charge in [-0.2, -0.15) is 4.98 Å². The lowest BCUT2D eigenvalue weighted by Crippen LogP contribution is -2.43. The van der Waals surface area contributed by atoms with Gasteiger partial charge in [0.2, 0.25) is 0 Å². The van der Waals surface area contributed by atoms with Gasteiger partial charge in [0.05, 0.1) is 5.69 Å². The summed E-state index contributed by atoms with van der Waals surface area (Å²) in [7, 11) is 0. The third-order valence-electron chi connectivity index (χ3n) is 2.96. The largest absolute Gasteiger partial charge is 0.368 e. The highest BCUT2D eigenvalue weighted by Gasteiger charge is 2.11. The summed E-state index contributed by atoms with van der Waals surface area (Å²) in [6, 6.07) is 3.84. The topological polar surface area (TPSA) is 62.5 Å². The van der Waals surface area contributed by atoms with Crippen LogP contribution in [0.3, 0.4) is 0 Å². The zero-order chi connectivity index (χ0) is 11.7. The molecule has 0 amide bonds. The molecule has 0 bridgehead atoms. The van der Waals surface area contributed by atoms with Crippen molar-refractivity contribution in [1.29, 1.82) is 0 Å². The van der Waals surface area contributed by atoms with E-state index in [0.717, 1.165) is 31.9 Å². The molecule has 3 rings (SSSR count). The van der Waals surface area contributed by atoms with Gasteiger partial charge in [-0.05, 0) is 12.1 Å². The molecule has 1 fully saturated rings. The van der Waals surface area contributed by atoms with Crippen LogP contribution in [0.2, 0.25) is 0 Å². The summed E-state index contributed by atoms with van der Waals surface area (Å²) >= 11 is 0. The Morgan fingerprint density at radius 3 is 2.82 bits per heavy atom. The second-order valence-corrected chi connectivity index (χ2v) is 4.01. The number of rotatable bonds is 1. The van der Waals surface area contributed by atoms with Gasteiger partial charge in [0.1, 0.15) is 12.0 Å². The van der Waals surface area contributed by atoms with Gasteiger partial charge in [0.15, 0.2) is 0 Å². The van der Waals surface area contributed by atoms with E-state index in [1.54, 1.807) is 0 Å². The van der Waals surface area contributed by atoms with Gasteiger partial charge in [-0.3, -0.25) is 0 Å². The minimum atomic E-state index is -0.285. The fraction of sp³-hybridized carbons (Fsp3) is 0.364. The first-order valence-corrected chi connectivity index (χ1v) is 5.64. The van der Waals surface area contributed by atoms with Crippen LogP contribution in [-0.4, -0.2) is 40.5 Å². The monoisotopic (exact) mass is 231 g/mol. The van der Waals surface area contributed by atoms with Gasteiger partial charge in [-0.1, -0.05) is 0 Å². The number of anilines is 1. The van der Waals surface area contributed by atoms with Crippen molar-refractivity contribution in [2.45, 2.75) is 0 Å². The maximum Gasteiger partial charge on any atom is 0.354 e. The minimum absolute atomic E-state index is 0.285. The second kappa shape index (κ2) is 4.14. The number of pyridine rings is 1. The van der Waals surface area contributed by atoms with Gasteiger partial charge in [-0.15, -0.1) is 0 Å². The molecule has 6 nitrogen and oxygen atoms in total. The Hall–Kier alpha value is -1.95. The number of piperazine rings is 1. The lowest BCUT2D eigenvalue weighted by Gasteiger charge is -2.29. The average molecular weight is 231 g/mol. The van der Waals surface area contributed by atoms with Crippen LogP contribution in [0.5, 0.6) is 0 Å². The zero-order valence-corrected chi connectivity index (χ0v) is 9.33. The molecule has 2 aromatic heterocycles. The standard InChI is InChI=1S/C11H13N5O/c17-11-14-8-13-10-2-1-9(7-16(10)11)15-5-3-12-4-6-15/h1-2,7-8,12H,3-6H2. The van der Waals surface area contributed by atoms with Crippen LogP contribution in [0.25, 0.3) is 5.65 Å². The molecule has 3 heterocycles. The maximum atomic E-state index is 11.6. The average Bonchev–Trinajstić information content (AvgIpc) is 2.40. The smallest absolute Gasteiger partial charge is 0.354 e. The Bertz CT molecular complexity index is 588. The number of nitrogens with zero attached hydrogens (tertiary/aromatic N) is 4. The molecular formula is C11H13N5O. The van der Waals surface area contributed by atoms with E-state index in [0.29, 0.717) is 5.65 Å². The number of fused-ring (bicyclic) bond motifs is 1. The molecular weight excluding hydrogens is 218 g/mol. The summed E-state index contributed by atoms with van der Waals surface area (Å²) in [5.74, 6) is 0. The van der Waals surface area contributed by atoms with Crippen molar-refractivity contribution in [2.75, 3.05) is 31.1 Å². The van der Waals surface area contributed by atoms with Crippen molar-refractivity contribution in [3.05, 3.63) is 35.1 Å². The molecule has 2 aromatic rings. The van der Waals surface area contributed by atoms with Crippen molar-refractivity contribution < 1.29 is 0 Å². The highest BCUT2D eigenvalue weighted by atomic mass is 16.1. The Kier molecular flexibility index (Phi) is 2.49. The van der Waals surface area contributed by atoms with E-state index in [4.69, 9.17) is 0 Å². The fourth-order valence-electron chi connectivity index (χ4n) is 2.05. The van der Waals surface area contributed by atoms with E-state index in [-0.39, 0.29) is 5.69 Å². The van der Waals surface area contributed by atoms with E-state index < -0.39 is 0 Å². The lowest BCUT2D eigenvalue weighted by atomic mass is 10.3. The molecule has 1 aliphatic rings. The normalized spacial score (nSPS) is 16.4. The molecule has 0 aromatic carbocycles. The Morgan fingerprint density at radius 2 is 2.00 bits per heavy atom. The second-order valence-electron chi connectivity index (χ2n) is 4.01. The first-order chi connectivity index (χ1) is 8.34. The van der Waals surface area contributed by atoms with Crippen LogP contribution in [0.4, 0.5) is 5.69 Å². The van der Waals surface area contributed by atoms with Crippen LogP contribution >= 0.6 is 0 Å². The van der Waals surface area contributed by atoms with Gasteiger partial charge in [0, 0.05) is 32.4 Å². The minimum Gasteiger partial charge on any atom is -0.368 e. The molecule has 0 aliphatic carbocycles. The van der Waals surface area contributed by atoms with Gasteiger partial charge in [-0.25, -0.2) is 14.2 Å². The number of hydrogen-bond acceptors (Lipinski definition) is 5. The molecule has 0 saturated carbocycles. The van der Waals surface area contributed by atoms with Gasteiger partial charge < -0.3 is 10.2 Å². The number of hydrogen-bond donors (Lipinski definition) is 1. The van der Waals surface area contributed by atoms with Crippen molar-refractivity contribution >= 4 is 11.3 Å². The summed E-state index contributed by atoms with van der Waals surface area (Å²) < 4.78 is 1.48. The predicted molar refractivity (Wildman–Crippen MR) is 64.3 cm³/mol. The molecule has 0 radical (unpaired) electrons. The molecule has 0 atom stereocenters. The molecule has 0 spiro atoms. The zero-order valence-electron chi connectivity index (χ0n) is 9.33. The van der Waals surface area contributed by atoms with Crippen LogP contribution in [0.15, 0.2) is 29.5 Å². The highest BCUT2D eigenvalue weighted by Crippen LogP contribution is 2.14. The first-order valence-electron chi connectivity index (χ1n) is 5.64. The summed E-state index contributed by atoms with van der Waals surface area (Å²) in [5.41, 5.74) is 1.38. The molecule has 1 N–H and O–H groups in total. The van der Waals surface area contributed by atoms with Crippen LogP contribution in [-0.2, 0) is 0 Å². The lowest BCUT2D eigenvalue weighted by molar-refractivity contribution is 0.588. The number of aromatic nitrogens is 3. The molecule has 1 aliphatic heterocycles.